The maximum absolute atomic E-state index is 13.1. The van der Waals surface area contributed by atoms with Crippen molar-refractivity contribution in [3.8, 4) is 0 Å². The first-order chi connectivity index (χ1) is 14.8. The van der Waals surface area contributed by atoms with Gasteiger partial charge >= 0.3 is 0 Å². The Labute approximate surface area is 185 Å². The topological polar surface area (TPSA) is 66.5 Å². The van der Waals surface area contributed by atoms with E-state index < -0.39 is 10.0 Å². The van der Waals surface area contributed by atoms with Crippen LogP contribution < -0.4 is 5.32 Å². The summed E-state index contributed by atoms with van der Waals surface area (Å²) < 4.78 is 27.7. The molecule has 0 spiro atoms. The van der Waals surface area contributed by atoms with Gasteiger partial charge in [-0.2, -0.15) is 4.31 Å². The number of carbonyl (C=O) groups excluding carboxylic acids is 1. The Balaban J connectivity index is 1.35. The Bertz CT molecular complexity index is 1040. The van der Waals surface area contributed by atoms with Gasteiger partial charge in [-0.25, -0.2) is 8.42 Å². The second kappa shape index (κ2) is 8.75. The molecule has 2 aliphatic rings. The Hall–Kier alpha value is -2.18. The molecule has 6 heteroatoms. The Kier molecular flexibility index (Phi) is 6.22. The van der Waals surface area contributed by atoms with Crippen LogP contribution in [0.3, 0.4) is 0 Å². The largest absolute Gasteiger partial charge is 0.355 e. The molecule has 2 aromatic rings. The van der Waals surface area contributed by atoms with Crippen LogP contribution in [0.15, 0.2) is 53.4 Å². The lowest BCUT2D eigenvalue weighted by molar-refractivity contribution is -0.126. The molecule has 1 amide bonds. The summed E-state index contributed by atoms with van der Waals surface area (Å²) in [7, 11) is -3.52. The zero-order valence-corrected chi connectivity index (χ0v) is 19.2. The standard InChI is InChI=1S/C25H32N2O3S/c1-19-9-10-23(20(2)17-19)31(29,30)27-15-11-21(12-16-27)24(28)26-18-25(13-6-14-25)22-7-4-3-5-8-22/h3-5,7-10,17,21H,6,11-16,18H2,1-2H3,(H,26,28). The SMILES string of the molecule is Cc1ccc(S(=O)(=O)N2CCC(C(=O)NCC3(c4ccccc4)CCC3)CC2)c(C)c1. The molecule has 0 aromatic heterocycles. The number of sulfonamides is 1. The quantitative estimate of drug-likeness (QED) is 0.740. The third-order valence-electron chi connectivity index (χ3n) is 7.07. The predicted molar refractivity (Wildman–Crippen MR) is 122 cm³/mol. The molecule has 0 unspecified atom stereocenters. The molecule has 2 fully saturated rings. The van der Waals surface area contributed by atoms with Crippen LogP contribution in [0.1, 0.15) is 48.8 Å². The smallest absolute Gasteiger partial charge is 0.243 e. The molecule has 166 valence electrons. The number of aryl methyl sites for hydroxylation is 2. The molecule has 1 N–H and O–H groups in total. The lowest BCUT2D eigenvalue weighted by atomic mass is 9.64. The first-order valence-corrected chi connectivity index (χ1v) is 12.7. The highest BCUT2D eigenvalue weighted by atomic mass is 32.2. The number of nitrogens with zero attached hydrogens (tertiary/aromatic N) is 1. The van der Waals surface area contributed by atoms with E-state index in [4.69, 9.17) is 0 Å². The second-order valence-corrected chi connectivity index (χ2v) is 11.1. The molecule has 31 heavy (non-hydrogen) atoms. The lowest BCUT2D eigenvalue weighted by Crippen LogP contribution is -2.48. The zero-order chi connectivity index (χ0) is 22.1. The summed E-state index contributed by atoms with van der Waals surface area (Å²) in [5.41, 5.74) is 3.18. The number of hydrogen-bond acceptors (Lipinski definition) is 3. The van der Waals surface area contributed by atoms with Crippen molar-refractivity contribution in [2.24, 2.45) is 5.92 Å². The summed E-state index contributed by atoms with van der Waals surface area (Å²) >= 11 is 0. The molecule has 0 bridgehead atoms. The van der Waals surface area contributed by atoms with Gasteiger partial charge in [0.2, 0.25) is 15.9 Å². The summed E-state index contributed by atoms with van der Waals surface area (Å²) in [6.45, 7) is 5.23. The molecule has 0 radical (unpaired) electrons. The number of carbonyl (C=O) groups is 1. The predicted octanol–water partition coefficient (Wildman–Crippen LogP) is 3.94. The van der Waals surface area contributed by atoms with Gasteiger partial charge in [0.25, 0.3) is 0 Å². The van der Waals surface area contributed by atoms with Crippen LogP contribution in [-0.2, 0) is 20.2 Å². The van der Waals surface area contributed by atoms with E-state index in [0.29, 0.717) is 37.4 Å². The van der Waals surface area contributed by atoms with Gasteiger partial charge in [0.1, 0.15) is 0 Å². The third kappa shape index (κ3) is 4.41. The number of benzene rings is 2. The average molecular weight is 441 g/mol. The van der Waals surface area contributed by atoms with Crippen LogP contribution >= 0.6 is 0 Å². The maximum atomic E-state index is 13.1. The van der Waals surface area contributed by atoms with Crippen LogP contribution in [0, 0.1) is 19.8 Å². The summed E-state index contributed by atoms with van der Waals surface area (Å²) in [5, 5.41) is 3.19. The minimum absolute atomic E-state index is 0.0595. The van der Waals surface area contributed by atoms with Gasteiger partial charge < -0.3 is 5.32 Å². The molecule has 1 saturated carbocycles. The minimum atomic E-state index is -3.52. The van der Waals surface area contributed by atoms with Gasteiger partial charge in [0, 0.05) is 31.0 Å². The number of amides is 1. The van der Waals surface area contributed by atoms with Crippen LogP contribution in [0.2, 0.25) is 0 Å². The zero-order valence-electron chi connectivity index (χ0n) is 18.4. The van der Waals surface area contributed by atoms with Gasteiger partial charge in [-0.1, -0.05) is 54.4 Å². The maximum Gasteiger partial charge on any atom is 0.243 e. The second-order valence-electron chi connectivity index (χ2n) is 9.17. The van der Waals surface area contributed by atoms with Crippen molar-refractivity contribution in [1.29, 1.82) is 0 Å². The Morgan fingerprint density at radius 3 is 2.32 bits per heavy atom. The Morgan fingerprint density at radius 1 is 1.06 bits per heavy atom. The van der Waals surface area contributed by atoms with E-state index in [1.54, 1.807) is 6.07 Å². The molecule has 5 nitrogen and oxygen atoms in total. The summed E-state index contributed by atoms with van der Waals surface area (Å²) in [6, 6.07) is 15.9. The average Bonchev–Trinajstić information content (AvgIpc) is 2.73. The lowest BCUT2D eigenvalue weighted by Gasteiger charge is -2.43. The molecule has 1 saturated heterocycles. The van der Waals surface area contributed by atoms with Crippen molar-refractivity contribution in [2.45, 2.75) is 56.3 Å². The van der Waals surface area contributed by atoms with Gasteiger partial charge in [0.05, 0.1) is 4.90 Å². The van der Waals surface area contributed by atoms with E-state index >= 15 is 0 Å². The first-order valence-electron chi connectivity index (χ1n) is 11.2. The van der Waals surface area contributed by atoms with Crippen LogP contribution in [0.5, 0.6) is 0 Å². The van der Waals surface area contributed by atoms with Gasteiger partial charge in [-0.3, -0.25) is 4.79 Å². The van der Waals surface area contributed by atoms with E-state index in [9.17, 15) is 13.2 Å². The van der Waals surface area contributed by atoms with Crippen molar-refractivity contribution in [1.82, 2.24) is 9.62 Å². The van der Waals surface area contributed by atoms with Crippen molar-refractivity contribution < 1.29 is 13.2 Å². The fourth-order valence-electron chi connectivity index (χ4n) is 4.95. The van der Waals surface area contributed by atoms with E-state index in [-0.39, 0.29) is 17.2 Å². The third-order valence-corrected chi connectivity index (χ3v) is 9.13. The number of rotatable bonds is 6. The molecule has 2 aromatic carbocycles. The normalized spacial score (nSPS) is 19.5. The van der Waals surface area contributed by atoms with Crippen molar-refractivity contribution in [3.63, 3.8) is 0 Å². The number of nitrogens with one attached hydrogen (secondary N) is 1. The molecular weight excluding hydrogens is 408 g/mol. The monoisotopic (exact) mass is 440 g/mol. The summed E-state index contributed by atoms with van der Waals surface area (Å²) in [4.78, 5) is 13.2. The van der Waals surface area contributed by atoms with E-state index in [1.165, 1.54) is 16.3 Å². The number of hydrogen-bond donors (Lipinski definition) is 1. The fourth-order valence-corrected chi connectivity index (χ4v) is 6.63. The molecule has 4 rings (SSSR count). The van der Waals surface area contributed by atoms with Crippen LogP contribution in [-0.4, -0.2) is 38.3 Å². The van der Waals surface area contributed by atoms with Crippen LogP contribution in [0.25, 0.3) is 0 Å². The highest BCUT2D eigenvalue weighted by Gasteiger charge is 2.39. The highest BCUT2D eigenvalue weighted by Crippen LogP contribution is 2.43. The minimum Gasteiger partial charge on any atom is -0.355 e. The summed E-state index contributed by atoms with van der Waals surface area (Å²) in [6.07, 6.45) is 4.52. The van der Waals surface area contributed by atoms with E-state index in [2.05, 4.69) is 29.6 Å². The summed E-state index contributed by atoms with van der Waals surface area (Å²) in [5.74, 6) is -0.0655. The van der Waals surface area contributed by atoms with Crippen LogP contribution in [0.4, 0.5) is 0 Å². The van der Waals surface area contributed by atoms with Crippen molar-refractivity contribution >= 4 is 15.9 Å². The van der Waals surface area contributed by atoms with Crippen molar-refractivity contribution in [2.75, 3.05) is 19.6 Å². The van der Waals surface area contributed by atoms with Gasteiger partial charge in [-0.05, 0) is 56.7 Å². The molecule has 1 heterocycles. The molecule has 0 atom stereocenters. The molecule has 1 aliphatic carbocycles. The van der Waals surface area contributed by atoms with E-state index in [0.717, 1.165) is 24.0 Å². The van der Waals surface area contributed by atoms with Gasteiger partial charge in [-0.15, -0.1) is 0 Å². The molecular formula is C25H32N2O3S. The highest BCUT2D eigenvalue weighted by molar-refractivity contribution is 7.89. The van der Waals surface area contributed by atoms with E-state index in [1.807, 2.05) is 32.0 Å². The van der Waals surface area contributed by atoms with Gasteiger partial charge in [0.15, 0.2) is 0 Å². The number of piperidine rings is 1. The first kappa shape index (κ1) is 22.0. The Morgan fingerprint density at radius 2 is 1.74 bits per heavy atom. The fraction of sp³-hybridized carbons (Fsp3) is 0.480. The van der Waals surface area contributed by atoms with Crippen molar-refractivity contribution in [3.05, 3.63) is 65.2 Å². The molecule has 1 aliphatic heterocycles.